The molecule has 3 heterocycles. The van der Waals surface area contributed by atoms with E-state index in [1.165, 1.54) is 4.90 Å². The summed E-state index contributed by atoms with van der Waals surface area (Å²) in [6.07, 6.45) is 1.98. The number of hydrogen-bond donors (Lipinski definition) is 0. The molecule has 124 valence electrons. The van der Waals surface area contributed by atoms with Gasteiger partial charge in [0.25, 0.3) is 0 Å². The average molecular weight is 327 g/mol. The molecule has 1 aromatic heterocycles. The van der Waals surface area contributed by atoms with Crippen LogP contribution in [0.4, 0.5) is 10.5 Å². The van der Waals surface area contributed by atoms with Crippen LogP contribution in [0.5, 0.6) is 0 Å². The van der Waals surface area contributed by atoms with Crippen molar-refractivity contribution in [2.75, 3.05) is 18.0 Å². The third-order valence-electron chi connectivity index (χ3n) is 4.44. The topological polar surface area (TPSA) is 80.4 Å². The van der Waals surface area contributed by atoms with Crippen LogP contribution < -0.4 is 10.6 Å². The summed E-state index contributed by atoms with van der Waals surface area (Å²) in [5, 5.41) is 4.18. The van der Waals surface area contributed by atoms with Crippen molar-refractivity contribution in [1.29, 1.82) is 0 Å². The third kappa shape index (κ3) is 2.31. The summed E-state index contributed by atoms with van der Waals surface area (Å²) < 4.78 is 2.14. The molecule has 0 aliphatic carbocycles. The Hall–Kier alpha value is -2.90. The molecule has 1 fully saturated rings. The van der Waals surface area contributed by atoms with Crippen LogP contribution in [0.15, 0.2) is 35.1 Å². The van der Waals surface area contributed by atoms with Crippen molar-refractivity contribution in [3.63, 3.8) is 0 Å². The second-order valence-corrected chi connectivity index (χ2v) is 5.98. The van der Waals surface area contributed by atoms with Gasteiger partial charge in [-0.1, -0.05) is 18.2 Å². The molecule has 2 aliphatic heterocycles. The van der Waals surface area contributed by atoms with Gasteiger partial charge in [0, 0.05) is 18.8 Å². The number of fused-ring (bicyclic) bond motifs is 1. The number of rotatable bonds is 3. The first kappa shape index (κ1) is 14.7. The average Bonchev–Trinajstić information content (AvgIpc) is 3.29. The normalized spacial score (nSPS) is 16.8. The van der Waals surface area contributed by atoms with Gasteiger partial charge in [-0.3, -0.25) is 9.69 Å². The highest BCUT2D eigenvalue weighted by atomic mass is 16.2. The molecule has 0 saturated carbocycles. The standard InChI is InChI=1S/C16H17N5O3/c22-14(18-8-4-5-9-18)11-20-16(24)21-13(17-20)10-19(15(21)23)12-6-2-1-3-7-12/h1-3,6-7H,4-5,8-11H2. The van der Waals surface area contributed by atoms with Crippen LogP contribution in [0.25, 0.3) is 0 Å². The lowest BCUT2D eigenvalue weighted by Gasteiger charge is -2.15. The van der Waals surface area contributed by atoms with E-state index in [0.717, 1.165) is 35.2 Å². The lowest BCUT2D eigenvalue weighted by molar-refractivity contribution is -0.131. The van der Waals surface area contributed by atoms with Crippen LogP contribution in [0.2, 0.25) is 0 Å². The van der Waals surface area contributed by atoms with Crippen molar-refractivity contribution in [2.24, 2.45) is 0 Å². The Labute approximate surface area is 137 Å². The Balaban J connectivity index is 1.57. The zero-order chi connectivity index (χ0) is 16.7. The number of para-hydroxylation sites is 1. The van der Waals surface area contributed by atoms with E-state index in [2.05, 4.69) is 5.10 Å². The second-order valence-electron chi connectivity index (χ2n) is 5.98. The molecular weight excluding hydrogens is 310 g/mol. The Bertz CT molecular complexity index is 848. The van der Waals surface area contributed by atoms with Gasteiger partial charge in [0.2, 0.25) is 5.91 Å². The van der Waals surface area contributed by atoms with Gasteiger partial charge in [-0.2, -0.15) is 9.67 Å². The first-order valence-electron chi connectivity index (χ1n) is 7.98. The molecule has 2 aromatic rings. The molecule has 1 aromatic carbocycles. The Morgan fingerprint density at radius 2 is 1.79 bits per heavy atom. The summed E-state index contributed by atoms with van der Waals surface area (Å²) in [5.74, 6) is 0.238. The maximum absolute atomic E-state index is 12.5. The number of likely N-dealkylation sites (tertiary alicyclic amines) is 1. The van der Waals surface area contributed by atoms with Gasteiger partial charge in [0.05, 0.1) is 6.54 Å². The molecule has 1 saturated heterocycles. The summed E-state index contributed by atoms with van der Waals surface area (Å²) in [4.78, 5) is 40.4. The van der Waals surface area contributed by atoms with Gasteiger partial charge in [0.1, 0.15) is 6.54 Å². The quantitative estimate of drug-likeness (QED) is 0.829. The van der Waals surface area contributed by atoms with E-state index in [0.29, 0.717) is 11.5 Å². The van der Waals surface area contributed by atoms with Gasteiger partial charge in [0.15, 0.2) is 5.82 Å². The van der Waals surface area contributed by atoms with Crippen molar-refractivity contribution in [3.05, 3.63) is 46.6 Å². The maximum Gasteiger partial charge on any atom is 0.354 e. The maximum atomic E-state index is 12.5. The van der Waals surface area contributed by atoms with Crippen LogP contribution in [-0.2, 0) is 17.9 Å². The predicted octanol–water partition coefficient (Wildman–Crippen LogP) is 0.655. The van der Waals surface area contributed by atoms with Crippen LogP contribution in [0, 0.1) is 0 Å². The van der Waals surface area contributed by atoms with E-state index in [9.17, 15) is 14.4 Å². The Morgan fingerprint density at radius 1 is 1.08 bits per heavy atom. The molecule has 0 N–H and O–H groups in total. The number of carbonyl (C=O) groups excluding carboxylic acids is 2. The molecule has 0 bridgehead atoms. The molecular formula is C16H17N5O3. The van der Waals surface area contributed by atoms with E-state index >= 15 is 0 Å². The smallest absolute Gasteiger partial charge is 0.341 e. The molecule has 4 rings (SSSR count). The Kier molecular flexibility index (Phi) is 3.44. The summed E-state index contributed by atoms with van der Waals surface area (Å²) in [5.41, 5.74) is 0.160. The van der Waals surface area contributed by atoms with Gasteiger partial charge in [-0.25, -0.2) is 14.3 Å². The minimum Gasteiger partial charge on any atom is -0.341 e. The number of benzene rings is 1. The van der Waals surface area contributed by atoms with Crippen LogP contribution >= 0.6 is 0 Å². The minimum atomic E-state index is -0.555. The monoisotopic (exact) mass is 327 g/mol. The molecule has 8 heteroatoms. The van der Waals surface area contributed by atoms with Crippen LogP contribution in [0.1, 0.15) is 18.7 Å². The number of amides is 2. The highest BCUT2D eigenvalue weighted by Crippen LogP contribution is 2.21. The fourth-order valence-corrected chi connectivity index (χ4v) is 3.18. The van der Waals surface area contributed by atoms with Crippen molar-refractivity contribution in [2.45, 2.75) is 25.9 Å². The predicted molar refractivity (Wildman–Crippen MR) is 85.7 cm³/mol. The minimum absolute atomic E-state index is 0.114. The van der Waals surface area contributed by atoms with Crippen molar-refractivity contribution in [3.8, 4) is 0 Å². The highest BCUT2D eigenvalue weighted by molar-refractivity contribution is 5.96. The van der Waals surface area contributed by atoms with E-state index in [4.69, 9.17) is 0 Å². The fourth-order valence-electron chi connectivity index (χ4n) is 3.18. The molecule has 0 atom stereocenters. The van der Waals surface area contributed by atoms with E-state index < -0.39 is 11.7 Å². The Morgan fingerprint density at radius 3 is 2.46 bits per heavy atom. The largest absolute Gasteiger partial charge is 0.354 e. The molecule has 0 unspecified atom stereocenters. The number of nitrogens with zero attached hydrogens (tertiary/aromatic N) is 5. The van der Waals surface area contributed by atoms with Crippen LogP contribution in [-0.4, -0.2) is 44.3 Å². The number of anilines is 1. The lowest BCUT2D eigenvalue weighted by Crippen LogP contribution is -2.38. The van der Waals surface area contributed by atoms with Crippen molar-refractivity contribution in [1.82, 2.24) is 19.2 Å². The van der Waals surface area contributed by atoms with E-state index in [1.54, 1.807) is 17.0 Å². The first-order valence-corrected chi connectivity index (χ1v) is 7.98. The van der Waals surface area contributed by atoms with Gasteiger partial charge in [-0.15, -0.1) is 0 Å². The highest BCUT2D eigenvalue weighted by Gasteiger charge is 2.34. The van der Waals surface area contributed by atoms with Crippen molar-refractivity contribution < 1.29 is 9.59 Å². The van der Waals surface area contributed by atoms with E-state index in [1.807, 2.05) is 18.2 Å². The number of hydrogen-bond acceptors (Lipinski definition) is 4. The lowest BCUT2D eigenvalue weighted by atomic mass is 10.3. The molecule has 8 nitrogen and oxygen atoms in total. The third-order valence-corrected chi connectivity index (χ3v) is 4.44. The summed E-state index contributed by atoms with van der Waals surface area (Å²) in [7, 11) is 0. The van der Waals surface area contributed by atoms with Gasteiger partial charge < -0.3 is 4.90 Å². The van der Waals surface area contributed by atoms with E-state index in [-0.39, 0.29) is 19.0 Å². The molecule has 2 amide bonds. The summed E-state index contributed by atoms with van der Waals surface area (Å²) in [6, 6.07) is 8.70. The van der Waals surface area contributed by atoms with Crippen LogP contribution in [0.3, 0.4) is 0 Å². The fraction of sp³-hybridized carbons (Fsp3) is 0.375. The number of carbonyl (C=O) groups is 2. The number of aromatic nitrogens is 3. The SMILES string of the molecule is O=C(Cn1nc2n(c1=O)C(=O)N(c1ccccc1)C2)N1CCCC1. The molecule has 2 aliphatic rings. The second kappa shape index (κ2) is 5.63. The molecule has 24 heavy (non-hydrogen) atoms. The first-order chi connectivity index (χ1) is 11.6. The van der Waals surface area contributed by atoms with Gasteiger partial charge >= 0.3 is 11.7 Å². The molecule has 0 spiro atoms. The zero-order valence-corrected chi connectivity index (χ0v) is 13.1. The van der Waals surface area contributed by atoms with Crippen molar-refractivity contribution >= 4 is 17.6 Å². The summed E-state index contributed by atoms with van der Waals surface area (Å²) >= 11 is 0. The summed E-state index contributed by atoms with van der Waals surface area (Å²) in [6.45, 7) is 1.56. The van der Waals surface area contributed by atoms with Gasteiger partial charge in [-0.05, 0) is 25.0 Å². The zero-order valence-electron chi connectivity index (χ0n) is 13.1. The molecule has 0 radical (unpaired) electrons.